The highest BCUT2D eigenvalue weighted by Gasteiger charge is 2.32. The summed E-state index contributed by atoms with van der Waals surface area (Å²) in [6.07, 6.45) is 0.143. The van der Waals surface area contributed by atoms with Crippen molar-refractivity contribution in [2.75, 3.05) is 5.75 Å². The summed E-state index contributed by atoms with van der Waals surface area (Å²) in [5.41, 5.74) is 0. The topological polar surface area (TPSA) is 80.8 Å². The maximum atomic E-state index is 11.2. The maximum Gasteiger partial charge on any atom is 0.334 e. The molecule has 1 rings (SSSR count). The maximum absolute atomic E-state index is 11.2. The van der Waals surface area contributed by atoms with Crippen molar-refractivity contribution in [3.8, 4) is 0 Å². The molecule has 16 heavy (non-hydrogen) atoms. The average Bonchev–Trinajstić information content (AvgIpc) is 2.49. The molecule has 0 aromatic heterocycles. The van der Waals surface area contributed by atoms with Crippen molar-refractivity contribution in [1.82, 2.24) is 5.06 Å². The zero-order valence-electron chi connectivity index (χ0n) is 8.73. The van der Waals surface area contributed by atoms with Gasteiger partial charge in [-0.3, -0.25) is 14.4 Å². The molecule has 6 nitrogen and oxygen atoms in total. The van der Waals surface area contributed by atoms with Crippen LogP contribution >= 0.6 is 11.8 Å². The van der Waals surface area contributed by atoms with Crippen LogP contribution in [0.5, 0.6) is 0 Å². The summed E-state index contributed by atoms with van der Waals surface area (Å²) in [4.78, 5) is 48.5. The van der Waals surface area contributed by atoms with Gasteiger partial charge in [0.25, 0.3) is 11.8 Å². The highest BCUT2D eigenvalue weighted by atomic mass is 32.2. The highest BCUT2D eigenvalue weighted by molar-refractivity contribution is 8.13. The van der Waals surface area contributed by atoms with Gasteiger partial charge in [-0.1, -0.05) is 11.8 Å². The minimum Gasteiger partial charge on any atom is -0.330 e. The summed E-state index contributed by atoms with van der Waals surface area (Å²) in [6, 6.07) is 0. The Kier molecular flexibility index (Phi) is 4.48. The Morgan fingerprint density at radius 3 is 2.38 bits per heavy atom. The van der Waals surface area contributed by atoms with Crippen molar-refractivity contribution >= 4 is 34.7 Å². The number of amides is 2. The molecular formula is C9H11NO5S. The Morgan fingerprint density at radius 2 is 1.88 bits per heavy atom. The van der Waals surface area contributed by atoms with Crippen LogP contribution in [-0.2, 0) is 24.0 Å². The number of carbonyl (C=O) groups is 4. The van der Waals surface area contributed by atoms with E-state index < -0.39 is 17.8 Å². The molecule has 1 saturated heterocycles. The van der Waals surface area contributed by atoms with Gasteiger partial charge in [-0.25, -0.2) is 4.79 Å². The molecule has 0 aromatic rings. The number of carbonyl (C=O) groups excluding carboxylic acids is 4. The third-order valence-corrected chi connectivity index (χ3v) is 2.63. The van der Waals surface area contributed by atoms with Crippen molar-refractivity contribution in [2.24, 2.45) is 0 Å². The second-order valence-electron chi connectivity index (χ2n) is 3.14. The number of imide groups is 1. The van der Waals surface area contributed by atoms with Gasteiger partial charge in [-0.05, 0) is 0 Å². The van der Waals surface area contributed by atoms with Crippen LogP contribution in [0.4, 0.5) is 0 Å². The molecule has 0 atom stereocenters. The summed E-state index contributed by atoms with van der Waals surface area (Å²) in [5, 5.41) is 0.405. The lowest BCUT2D eigenvalue weighted by Crippen LogP contribution is -2.32. The zero-order chi connectivity index (χ0) is 12.1. The van der Waals surface area contributed by atoms with Gasteiger partial charge in [-0.2, -0.15) is 0 Å². The first-order chi connectivity index (χ1) is 7.50. The van der Waals surface area contributed by atoms with Crippen LogP contribution in [0.3, 0.4) is 0 Å². The lowest BCUT2D eigenvalue weighted by Gasteiger charge is -2.11. The fourth-order valence-corrected chi connectivity index (χ4v) is 1.64. The molecule has 88 valence electrons. The number of thioether (sulfide) groups is 1. The van der Waals surface area contributed by atoms with E-state index in [0.717, 1.165) is 11.8 Å². The minimum absolute atomic E-state index is 0.0126. The van der Waals surface area contributed by atoms with Crippen LogP contribution in [0.1, 0.15) is 26.2 Å². The van der Waals surface area contributed by atoms with Gasteiger partial charge in [0, 0.05) is 25.5 Å². The van der Waals surface area contributed by atoms with Gasteiger partial charge in [-0.15, -0.1) is 5.06 Å². The molecule has 0 N–H and O–H groups in total. The van der Waals surface area contributed by atoms with Crippen LogP contribution in [0, 0.1) is 0 Å². The standard InChI is InChI=1S/C9H11NO5S/c1-6(11)16-5-4-9(14)15-10-7(12)2-3-8(10)13/h2-5H2,1H3. The van der Waals surface area contributed by atoms with E-state index in [2.05, 4.69) is 4.84 Å². The molecule has 0 aliphatic carbocycles. The molecule has 1 heterocycles. The van der Waals surface area contributed by atoms with E-state index in [1.54, 1.807) is 0 Å². The van der Waals surface area contributed by atoms with Crippen LogP contribution in [0.25, 0.3) is 0 Å². The van der Waals surface area contributed by atoms with E-state index in [1.807, 2.05) is 0 Å². The smallest absolute Gasteiger partial charge is 0.330 e. The molecule has 0 aromatic carbocycles. The summed E-state index contributed by atoms with van der Waals surface area (Å²) < 4.78 is 0. The fraction of sp³-hybridized carbons (Fsp3) is 0.556. The third kappa shape index (κ3) is 3.65. The lowest BCUT2D eigenvalue weighted by molar-refractivity contribution is -0.197. The Labute approximate surface area is 96.2 Å². The van der Waals surface area contributed by atoms with E-state index in [1.165, 1.54) is 6.92 Å². The summed E-state index contributed by atoms with van der Waals surface area (Å²) in [5.74, 6) is -1.41. The molecule has 0 saturated carbocycles. The second-order valence-corrected chi connectivity index (χ2v) is 4.41. The monoisotopic (exact) mass is 245 g/mol. The third-order valence-electron chi connectivity index (χ3n) is 1.81. The van der Waals surface area contributed by atoms with E-state index in [0.29, 0.717) is 5.06 Å². The first kappa shape index (κ1) is 12.7. The van der Waals surface area contributed by atoms with Crippen molar-refractivity contribution in [1.29, 1.82) is 0 Å². The van der Waals surface area contributed by atoms with E-state index >= 15 is 0 Å². The number of nitrogens with zero attached hydrogens (tertiary/aromatic N) is 1. The molecular weight excluding hydrogens is 234 g/mol. The van der Waals surface area contributed by atoms with Crippen LogP contribution in [0.15, 0.2) is 0 Å². The van der Waals surface area contributed by atoms with Gasteiger partial charge >= 0.3 is 5.97 Å². The zero-order valence-corrected chi connectivity index (χ0v) is 9.54. The first-order valence-electron chi connectivity index (χ1n) is 4.70. The van der Waals surface area contributed by atoms with Crippen molar-refractivity contribution < 1.29 is 24.0 Å². The van der Waals surface area contributed by atoms with Crippen LogP contribution < -0.4 is 0 Å². The molecule has 1 aliphatic rings. The number of hydrogen-bond donors (Lipinski definition) is 0. The average molecular weight is 245 g/mol. The molecule has 0 spiro atoms. The van der Waals surface area contributed by atoms with E-state index in [4.69, 9.17) is 0 Å². The number of hydrogen-bond acceptors (Lipinski definition) is 6. The highest BCUT2D eigenvalue weighted by Crippen LogP contribution is 2.13. The molecule has 7 heteroatoms. The summed E-state index contributed by atoms with van der Waals surface area (Å²) in [7, 11) is 0. The Bertz CT molecular complexity index is 325. The van der Waals surface area contributed by atoms with Gasteiger partial charge in [0.05, 0.1) is 6.42 Å². The SMILES string of the molecule is CC(=O)SCCC(=O)ON1C(=O)CCC1=O. The number of hydroxylamine groups is 2. The van der Waals surface area contributed by atoms with E-state index in [-0.39, 0.29) is 30.1 Å². The van der Waals surface area contributed by atoms with Crippen molar-refractivity contribution in [2.45, 2.75) is 26.2 Å². The lowest BCUT2D eigenvalue weighted by atomic mass is 10.4. The quantitative estimate of drug-likeness (QED) is 0.661. The Balaban J connectivity index is 2.31. The second kappa shape index (κ2) is 5.64. The van der Waals surface area contributed by atoms with Crippen molar-refractivity contribution in [3.05, 3.63) is 0 Å². The molecule has 1 aliphatic heterocycles. The molecule has 1 fully saturated rings. The predicted molar refractivity (Wildman–Crippen MR) is 54.9 cm³/mol. The Hall–Kier alpha value is -1.37. The summed E-state index contributed by atoms with van der Waals surface area (Å²) in [6.45, 7) is 1.39. The normalized spacial score (nSPS) is 15.4. The Morgan fingerprint density at radius 1 is 1.31 bits per heavy atom. The fourth-order valence-electron chi connectivity index (χ4n) is 1.08. The summed E-state index contributed by atoms with van der Waals surface area (Å²) >= 11 is 0.991. The minimum atomic E-state index is -0.683. The van der Waals surface area contributed by atoms with E-state index in [9.17, 15) is 19.2 Å². The van der Waals surface area contributed by atoms with Gasteiger partial charge < -0.3 is 4.84 Å². The first-order valence-corrected chi connectivity index (χ1v) is 5.69. The number of rotatable bonds is 4. The molecule has 0 radical (unpaired) electrons. The van der Waals surface area contributed by atoms with Gasteiger partial charge in [0.2, 0.25) is 0 Å². The van der Waals surface area contributed by atoms with Crippen LogP contribution in [0.2, 0.25) is 0 Å². The van der Waals surface area contributed by atoms with Crippen LogP contribution in [-0.4, -0.2) is 33.7 Å². The van der Waals surface area contributed by atoms with Gasteiger partial charge in [0.15, 0.2) is 5.12 Å². The predicted octanol–water partition coefficient (Wildman–Crippen LogP) is 0.263. The van der Waals surface area contributed by atoms with Gasteiger partial charge in [0.1, 0.15) is 0 Å². The molecule has 0 unspecified atom stereocenters. The molecule has 2 amide bonds. The van der Waals surface area contributed by atoms with Crippen molar-refractivity contribution in [3.63, 3.8) is 0 Å². The molecule has 0 bridgehead atoms. The largest absolute Gasteiger partial charge is 0.334 e.